The van der Waals surface area contributed by atoms with Crippen LogP contribution in [0.3, 0.4) is 0 Å². The fraction of sp³-hybridized carbons (Fsp3) is 1.00. The van der Waals surface area contributed by atoms with E-state index in [9.17, 15) is 0 Å². The van der Waals surface area contributed by atoms with Gasteiger partial charge in [0.1, 0.15) is 0 Å². The van der Waals surface area contributed by atoms with Gasteiger partial charge in [-0.2, -0.15) is 0 Å². The second-order valence-corrected chi connectivity index (χ2v) is 28.7. The first-order valence-corrected chi connectivity index (χ1v) is 18.6. The minimum Gasteiger partial charge on any atom is -0.146 e. The first-order valence-electron chi connectivity index (χ1n) is 4.24. The van der Waals surface area contributed by atoms with Gasteiger partial charge in [-0.05, 0) is 30.7 Å². The molecule has 0 bridgehead atoms. The van der Waals surface area contributed by atoms with Gasteiger partial charge in [0.2, 0.25) is 6.69 Å². The average molecular weight is 404 g/mol. The highest BCUT2D eigenvalue weighted by Crippen LogP contribution is 2.38. The molecule has 0 aliphatic rings. The van der Waals surface area contributed by atoms with E-state index in [2.05, 4.69) is 0 Å². The largest absolute Gasteiger partial charge is 0.341 e. The van der Waals surface area contributed by atoms with Crippen molar-refractivity contribution in [3.63, 3.8) is 0 Å². The lowest BCUT2D eigenvalue weighted by Gasteiger charge is -2.20. The van der Waals surface area contributed by atoms with E-state index in [4.69, 9.17) is 77.6 Å². The third kappa shape index (κ3) is 12.9. The fourth-order valence-corrected chi connectivity index (χ4v) is 14.6. The monoisotopic (exact) mass is 400 g/mol. The van der Waals surface area contributed by atoms with Crippen molar-refractivity contribution in [3.05, 3.63) is 0 Å². The molecule has 10 heteroatoms. The molecular formula is C5H11Cl7Si3. The molecule has 0 aromatic rings. The van der Waals surface area contributed by atoms with Gasteiger partial charge >= 0.3 is 6.00 Å². The Kier molecular flexibility index (Phi) is 7.94. The first kappa shape index (κ1) is 17.7. The Hall–Kier alpha value is 2.68. The van der Waals surface area contributed by atoms with E-state index in [1.54, 1.807) is 0 Å². The van der Waals surface area contributed by atoms with Crippen LogP contribution in [0.2, 0.25) is 30.7 Å². The molecule has 0 aromatic carbocycles. The Labute approximate surface area is 126 Å². The van der Waals surface area contributed by atoms with Crippen molar-refractivity contribution in [1.29, 1.82) is 0 Å². The van der Waals surface area contributed by atoms with E-state index in [0.717, 1.165) is 0 Å². The molecule has 0 aromatic heterocycles. The summed E-state index contributed by atoms with van der Waals surface area (Å²) < 4.78 is 0. The standard InChI is InChI=1S/C5H11Cl7Si3/c1-13(6,7)2-3-14(8,9)4-5-15(10,11)12/h2-5H2,1H3. The van der Waals surface area contributed by atoms with Crippen LogP contribution in [0.15, 0.2) is 0 Å². The third-order valence-corrected chi connectivity index (χ3v) is 11.7. The topological polar surface area (TPSA) is 0 Å². The Balaban J connectivity index is 3.98. The maximum Gasteiger partial charge on any atom is 0.341 e. The Morgan fingerprint density at radius 3 is 1.40 bits per heavy atom. The number of rotatable bonds is 6. The van der Waals surface area contributed by atoms with Crippen LogP contribution in [0, 0.1) is 0 Å². The van der Waals surface area contributed by atoms with Crippen LogP contribution in [0.5, 0.6) is 0 Å². The van der Waals surface area contributed by atoms with Gasteiger partial charge in [-0.25, -0.2) is 0 Å². The predicted molar refractivity (Wildman–Crippen MR) is 83.3 cm³/mol. The zero-order valence-electron chi connectivity index (χ0n) is 7.97. The number of hydrogen-bond donors (Lipinski definition) is 0. The summed E-state index contributed by atoms with van der Waals surface area (Å²) in [5.41, 5.74) is 0. The van der Waals surface area contributed by atoms with E-state index in [-0.39, 0.29) is 0 Å². The van der Waals surface area contributed by atoms with E-state index < -0.39 is 19.4 Å². The smallest absolute Gasteiger partial charge is 0.146 e. The molecule has 0 aliphatic heterocycles. The van der Waals surface area contributed by atoms with Crippen molar-refractivity contribution in [2.45, 2.75) is 30.7 Å². The molecule has 0 saturated carbocycles. The van der Waals surface area contributed by atoms with Gasteiger partial charge in [-0.3, -0.25) is 0 Å². The lowest BCUT2D eigenvalue weighted by atomic mass is 10.9. The third-order valence-electron chi connectivity index (χ3n) is 1.70. The molecule has 0 spiro atoms. The SMILES string of the molecule is C[Si](Cl)(Cl)CC[Si](Cl)(Cl)CC[Si](Cl)(Cl)Cl. The minimum atomic E-state index is -2.61. The maximum absolute atomic E-state index is 6.20. The summed E-state index contributed by atoms with van der Waals surface area (Å²) in [6, 6.07) is -0.161. The van der Waals surface area contributed by atoms with Crippen molar-refractivity contribution in [1.82, 2.24) is 0 Å². The van der Waals surface area contributed by atoms with Gasteiger partial charge in [-0.15, -0.1) is 77.6 Å². The second-order valence-electron chi connectivity index (χ2n) is 3.54. The molecule has 0 nitrogen and oxygen atoms in total. The molecule has 0 N–H and O–H groups in total. The lowest BCUT2D eigenvalue weighted by molar-refractivity contribution is 1.30. The molecule has 0 heterocycles. The highest BCUT2D eigenvalue weighted by atomic mass is 35.8. The van der Waals surface area contributed by atoms with Gasteiger partial charge in [0.15, 0.2) is 0 Å². The normalized spacial score (nSPS) is 14.4. The Morgan fingerprint density at radius 2 is 1.07 bits per heavy atom. The maximum atomic E-state index is 6.20. The summed E-state index contributed by atoms with van der Waals surface area (Å²) in [6.07, 6.45) is 0. The van der Waals surface area contributed by atoms with Crippen molar-refractivity contribution in [2.24, 2.45) is 0 Å². The van der Waals surface area contributed by atoms with Crippen LogP contribution >= 0.6 is 77.6 Å². The zero-order chi connectivity index (χ0) is 12.3. The van der Waals surface area contributed by atoms with Crippen molar-refractivity contribution in [2.75, 3.05) is 0 Å². The van der Waals surface area contributed by atoms with Crippen LogP contribution in [0.4, 0.5) is 0 Å². The van der Waals surface area contributed by atoms with E-state index in [1.807, 2.05) is 6.55 Å². The van der Waals surface area contributed by atoms with Gasteiger partial charge in [0.25, 0.3) is 6.69 Å². The van der Waals surface area contributed by atoms with Gasteiger partial charge in [0.05, 0.1) is 0 Å². The molecule has 15 heavy (non-hydrogen) atoms. The molecule has 0 amide bonds. The molecule has 0 rings (SSSR count). The van der Waals surface area contributed by atoms with Crippen molar-refractivity contribution < 1.29 is 0 Å². The number of halogens is 7. The molecule has 92 valence electrons. The summed E-state index contributed by atoms with van der Waals surface area (Å²) in [5.74, 6) is 0. The quantitative estimate of drug-likeness (QED) is 0.371. The van der Waals surface area contributed by atoms with E-state index >= 15 is 0 Å². The summed E-state index contributed by atoms with van der Waals surface area (Å²) in [7, 11) is 0. The zero-order valence-corrected chi connectivity index (χ0v) is 16.3. The van der Waals surface area contributed by atoms with Gasteiger partial charge in [0, 0.05) is 0 Å². The van der Waals surface area contributed by atoms with Crippen LogP contribution in [0.25, 0.3) is 0 Å². The fourth-order valence-electron chi connectivity index (χ4n) is 0.852. The second kappa shape index (κ2) is 6.73. The first-order chi connectivity index (χ1) is 6.41. The lowest BCUT2D eigenvalue weighted by Crippen LogP contribution is -2.25. The predicted octanol–water partition coefficient (Wildman–Crippen LogP) is 6.11. The van der Waals surface area contributed by atoms with E-state index in [0.29, 0.717) is 24.2 Å². The Morgan fingerprint density at radius 1 is 0.667 bits per heavy atom. The van der Waals surface area contributed by atoms with Crippen molar-refractivity contribution in [3.8, 4) is 0 Å². The van der Waals surface area contributed by atoms with E-state index in [1.165, 1.54) is 0 Å². The average Bonchev–Trinajstić information content (AvgIpc) is 1.96. The van der Waals surface area contributed by atoms with Crippen LogP contribution in [-0.4, -0.2) is 19.4 Å². The van der Waals surface area contributed by atoms with Gasteiger partial charge < -0.3 is 0 Å². The van der Waals surface area contributed by atoms with Crippen LogP contribution < -0.4 is 0 Å². The molecule has 0 unspecified atom stereocenters. The molecule has 0 radical (unpaired) electrons. The molecule has 0 aliphatic carbocycles. The molecular weight excluding hydrogens is 392 g/mol. The Bertz CT molecular complexity index is 176. The number of hydrogen-bond acceptors (Lipinski definition) is 0. The van der Waals surface area contributed by atoms with Crippen molar-refractivity contribution >= 4 is 96.9 Å². The van der Waals surface area contributed by atoms with Gasteiger partial charge in [-0.1, -0.05) is 0 Å². The molecule has 0 saturated heterocycles. The van der Waals surface area contributed by atoms with Crippen LogP contribution in [0.1, 0.15) is 0 Å². The summed E-state index contributed by atoms with van der Waals surface area (Å²) >= 11 is 41.6. The summed E-state index contributed by atoms with van der Waals surface area (Å²) in [4.78, 5) is 0. The van der Waals surface area contributed by atoms with Crippen LogP contribution in [-0.2, 0) is 0 Å². The minimum absolute atomic E-state index is 0.500. The highest BCUT2D eigenvalue weighted by molar-refractivity contribution is 7.65. The molecule has 0 fully saturated rings. The summed E-state index contributed by atoms with van der Waals surface area (Å²) in [5, 5.41) is 0. The highest BCUT2D eigenvalue weighted by Gasteiger charge is 2.36. The summed E-state index contributed by atoms with van der Waals surface area (Å²) in [6.45, 7) is -2.61. The molecule has 0 atom stereocenters.